The highest BCUT2D eigenvalue weighted by Gasteiger charge is 2.25. The zero-order valence-corrected chi connectivity index (χ0v) is 18.8. The van der Waals surface area contributed by atoms with Gasteiger partial charge in [-0.05, 0) is 42.7 Å². The van der Waals surface area contributed by atoms with Crippen molar-refractivity contribution in [2.24, 2.45) is 0 Å². The zero-order valence-electron chi connectivity index (χ0n) is 18.8. The largest absolute Gasteiger partial charge is 0.457 e. The zero-order chi connectivity index (χ0) is 22.7. The highest BCUT2D eigenvalue weighted by Crippen LogP contribution is 2.27. The minimum absolute atomic E-state index is 0.211. The van der Waals surface area contributed by atoms with Crippen LogP contribution in [0.25, 0.3) is 5.82 Å². The molecule has 0 unspecified atom stereocenters. The molecule has 0 atom stereocenters. The van der Waals surface area contributed by atoms with Gasteiger partial charge in [-0.25, -0.2) is 14.5 Å². The first-order valence-electron chi connectivity index (χ1n) is 11.1. The summed E-state index contributed by atoms with van der Waals surface area (Å²) in [4.78, 5) is 18.5. The second-order valence-corrected chi connectivity index (χ2v) is 7.77. The average molecular weight is 430 g/mol. The molecule has 0 fully saturated rings. The molecule has 7 nitrogen and oxygen atoms in total. The molecule has 2 aliphatic rings. The Hall–Kier alpha value is -3.50. The Morgan fingerprint density at radius 1 is 1.19 bits per heavy atom. The second kappa shape index (κ2) is 9.33. The smallest absolute Gasteiger partial charge is 0.338 e. The van der Waals surface area contributed by atoms with E-state index in [0.717, 1.165) is 43.9 Å². The van der Waals surface area contributed by atoms with E-state index in [1.54, 1.807) is 12.3 Å². The van der Waals surface area contributed by atoms with Crippen LogP contribution in [-0.2, 0) is 30.7 Å². The van der Waals surface area contributed by atoms with Gasteiger partial charge in [0.15, 0.2) is 5.82 Å². The average Bonchev–Trinajstić information content (AvgIpc) is 3.44. The summed E-state index contributed by atoms with van der Waals surface area (Å²) in [6, 6.07) is 9.65. The fourth-order valence-corrected chi connectivity index (χ4v) is 4.30. The standard InChI is InChI=1S/C23H21N5O2.C2H6/c1-15-17(3-4-19-20(15)14-30-23(19)29)6-8-27-9-7-21-18(13-27)12-26-28(21)22-5-2-16(10-24)11-25-22;1-2/h2-5,11-12H,6-9,13-14H2,1H3;1-2H3. The van der Waals surface area contributed by atoms with Crippen LogP contribution >= 0.6 is 0 Å². The summed E-state index contributed by atoms with van der Waals surface area (Å²) >= 11 is 0. The van der Waals surface area contributed by atoms with Gasteiger partial charge in [0.25, 0.3) is 0 Å². The van der Waals surface area contributed by atoms with Gasteiger partial charge in [0.1, 0.15) is 12.7 Å². The van der Waals surface area contributed by atoms with E-state index in [9.17, 15) is 4.79 Å². The van der Waals surface area contributed by atoms with Crippen LogP contribution in [0.2, 0.25) is 0 Å². The van der Waals surface area contributed by atoms with Gasteiger partial charge >= 0.3 is 5.97 Å². The molecule has 0 saturated carbocycles. The third kappa shape index (κ3) is 4.02. The molecule has 5 rings (SSSR count). The van der Waals surface area contributed by atoms with Crippen LogP contribution in [-0.4, -0.2) is 38.7 Å². The third-order valence-corrected chi connectivity index (χ3v) is 6.08. The summed E-state index contributed by atoms with van der Waals surface area (Å²) < 4.78 is 7.05. The van der Waals surface area contributed by atoms with Crippen LogP contribution in [0.1, 0.15) is 57.7 Å². The molecule has 164 valence electrons. The molecule has 0 saturated heterocycles. The fraction of sp³-hybridized carbons (Fsp3) is 0.360. The number of ether oxygens (including phenoxy) is 1. The molecule has 0 amide bonds. The lowest BCUT2D eigenvalue weighted by molar-refractivity contribution is 0.0535. The van der Waals surface area contributed by atoms with E-state index in [4.69, 9.17) is 10.00 Å². The second-order valence-electron chi connectivity index (χ2n) is 7.77. The molecule has 2 aromatic heterocycles. The normalized spacial score (nSPS) is 14.6. The van der Waals surface area contributed by atoms with Crippen molar-refractivity contribution in [3.8, 4) is 11.9 Å². The van der Waals surface area contributed by atoms with E-state index in [-0.39, 0.29) is 5.97 Å². The van der Waals surface area contributed by atoms with Crippen molar-refractivity contribution in [3.05, 3.63) is 75.7 Å². The van der Waals surface area contributed by atoms with Crippen molar-refractivity contribution in [2.45, 2.75) is 46.8 Å². The maximum absolute atomic E-state index is 11.7. The number of hydrogen-bond acceptors (Lipinski definition) is 6. The number of nitrogens with zero attached hydrogens (tertiary/aromatic N) is 5. The Balaban J connectivity index is 0.00000119. The number of rotatable bonds is 4. The number of carbonyl (C=O) groups is 1. The highest BCUT2D eigenvalue weighted by atomic mass is 16.5. The van der Waals surface area contributed by atoms with Crippen LogP contribution in [0.15, 0.2) is 36.7 Å². The molecule has 7 heteroatoms. The van der Waals surface area contributed by atoms with Gasteiger partial charge in [0.05, 0.1) is 23.0 Å². The van der Waals surface area contributed by atoms with Crippen LogP contribution in [0.3, 0.4) is 0 Å². The van der Waals surface area contributed by atoms with Gasteiger partial charge in [0.2, 0.25) is 0 Å². The lowest BCUT2D eigenvalue weighted by Gasteiger charge is -2.27. The predicted molar refractivity (Wildman–Crippen MR) is 120 cm³/mol. The van der Waals surface area contributed by atoms with Gasteiger partial charge in [-0.2, -0.15) is 10.4 Å². The highest BCUT2D eigenvalue weighted by molar-refractivity contribution is 5.93. The van der Waals surface area contributed by atoms with Gasteiger partial charge in [0, 0.05) is 43.4 Å². The molecule has 4 heterocycles. The van der Waals surface area contributed by atoms with Crippen LogP contribution < -0.4 is 0 Å². The Labute approximate surface area is 188 Å². The van der Waals surface area contributed by atoms with Crippen molar-refractivity contribution in [1.82, 2.24) is 19.7 Å². The first kappa shape index (κ1) is 21.7. The number of fused-ring (bicyclic) bond motifs is 2. The van der Waals surface area contributed by atoms with Crippen LogP contribution in [0, 0.1) is 18.3 Å². The fourth-order valence-electron chi connectivity index (χ4n) is 4.30. The van der Waals surface area contributed by atoms with Crippen molar-refractivity contribution < 1.29 is 9.53 Å². The quantitative estimate of drug-likeness (QED) is 0.588. The van der Waals surface area contributed by atoms with Gasteiger partial charge < -0.3 is 4.74 Å². The Kier molecular flexibility index (Phi) is 6.33. The molecule has 0 N–H and O–H groups in total. The van der Waals surface area contributed by atoms with E-state index in [1.807, 2.05) is 36.9 Å². The number of nitriles is 1. The first-order valence-corrected chi connectivity index (χ1v) is 11.1. The number of aromatic nitrogens is 3. The summed E-state index contributed by atoms with van der Waals surface area (Å²) in [6.45, 7) is 9.24. The van der Waals surface area contributed by atoms with Crippen molar-refractivity contribution in [1.29, 1.82) is 5.26 Å². The lowest BCUT2D eigenvalue weighted by atomic mass is 9.96. The van der Waals surface area contributed by atoms with Crippen LogP contribution in [0.5, 0.6) is 0 Å². The molecule has 32 heavy (non-hydrogen) atoms. The minimum Gasteiger partial charge on any atom is -0.457 e. The Morgan fingerprint density at radius 2 is 2.03 bits per heavy atom. The Bertz CT molecular complexity index is 1170. The van der Waals surface area contributed by atoms with Crippen molar-refractivity contribution in [3.63, 3.8) is 0 Å². The van der Waals surface area contributed by atoms with Crippen LogP contribution in [0.4, 0.5) is 0 Å². The maximum Gasteiger partial charge on any atom is 0.338 e. The SMILES string of the molecule is CC.Cc1c(CCN2CCc3c(cnn3-c3ccc(C#N)cn3)C2)ccc2c1COC2=O. The number of pyridine rings is 1. The number of benzene rings is 1. The molecular formula is C25H27N5O2. The summed E-state index contributed by atoms with van der Waals surface area (Å²) in [7, 11) is 0. The maximum atomic E-state index is 11.7. The predicted octanol–water partition coefficient (Wildman–Crippen LogP) is 3.74. The molecular weight excluding hydrogens is 402 g/mol. The summed E-state index contributed by atoms with van der Waals surface area (Å²) in [6.07, 6.45) is 5.34. The monoisotopic (exact) mass is 429 g/mol. The molecule has 0 bridgehead atoms. The molecule has 1 aromatic carbocycles. The van der Waals surface area contributed by atoms with E-state index in [2.05, 4.69) is 34.0 Å². The van der Waals surface area contributed by atoms with E-state index in [0.29, 0.717) is 17.7 Å². The number of cyclic esters (lactones) is 1. The summed E-state index contributed by atoms with van der Waals surface area (Å²) in [5.41, 5.74) is 7.15. The van der Waals surface area contributed by atoms with Crippen molar-refractivity contribution >= 4 is 5.97 Å². The molecule has 0 spiro atoms. The summed E-state index contributed by atoms with van der Waals surface area (Å²) in [5, 5.41) is 13.5. The van der Waals surface area contributed by atoms with Crippen molar-refractivity contribution in [2.75, 3.05) is 13.1 Å². The molecule has 3 aromatic rings. The third-order valence-electron chi connectivity index (χ3n) is 6.08. The molecule has 0 radical (unpaired) electrons. The van der Waals surface area contributed by atoms with E-state index >= 15 is 0 Å². The minimum atomic E-state index is -0.211. The topological polar surface area (TPSA) is 84.0 Å². The molecule has 2 aliphatic heterocycles. The number of hydrogen-bond donors (Lipinski definition) is 0. The van der Waals surface area contributed by atoms with Gasteiger partial charge in [-0.3, -0.25) is 4.90 Å². The number of esters is 1. The lowest BCUT2D eigenvalue weighted by Crippen LogP contribution is -2.32. The molecule has 0 aliphatic carbocycles. The Morgan fingerprint density at radius 3 is 2.78 bits per heavy atom. The van der Waals surface area contributed by atoms with E-state index in [1.165, 1.54) is 22.4 Å². The summed E-state index contributed by atoms with van der Waals surface area (Å²) in [5.74, 6) is 0.534. The van der Waals surface area contributed by atoms with Gasteiger partial charge in [-0.15, -0.1) is 0 Å². The van der Waals surface area contributed by atoms with Gasteiger partial charge in [-0.1, -0.05) is 19.9 Å². The van der Waals surface area contributed by atoms with E-state index < -0.39 is 0 Å². The first-order chi connectivity index (χ1) is 15.6. The number of carbonyl (C=O) groups excluding carboxylic acids is 1.